The molecule has 6 heteroatoms. The summed E-state index contributed by atoms with van der Waals surface area (Å²) >= 11 is 6.23. The minimum Gasteiger partial charge on any atom is -0.462 e. The van der Waals surface area contributed by atoms with Gasteiger partial charge in [-0.1, -0.05) is 11.6 Å². The third kappa shape index (κ3) is 3.10. The number of carbonyl (C=O) groups excluding carboxylic acids is 1. The van der Waals surface area contributed by atoms with E-state index in [1.54, 1.807) is 25.1 Å². The molecule has 1 aromatic carbocycles. The predicted octanol–water partition coefficient (Wildman–Crippen LogP) is 2.82. The van der Waals surface area contributed by atoms with Crippen LogP contribution >= 0.6 is 11.6 Å². The summed E-state index contributed by atoms with van der Waals surface area (Å²) in [7, 11) is -0.600. The molecular formula is C15H20BClO4. The van der Waals surface area contributed by atoms with E-state index >= 15 is 0 Å². The van der Waals surface area contributed by atoms with Gasteiger partial charge in [-0.3, -0.25) is 0 Å². The summed E-state index contributed by atoms with van der Waals surface area (Å²) in [4.78, 5) is 11.8. The SMILES string of the molecule is CCOC(=O)c1ccc(Cl)c(B2OC(C)(C)C(C)(C)O2)c1. The van der Waals surface area contributed by atoms with E-state index in [-0.39, 0.29) is 5.97 Å². The highest BCUT2D eigenvalue weighted by Gasteiger charge is 2.52. The van der Waals surface area contributed by atoms with Gasteiger partial charge >= 0.3 is 13.1 Å². The van der Waals surface area contributed by atoms with Gasteiger partial charge in [0.05, 0.1) is 23.4 Å². The lowest BCUT2D eigenvalue weighted by molar-refractivity contribution is 0.00578. The molecule has 0 unspecified atom stereocenters. The number of hydrogen-bond donors (Lipinski definition) is 0. The number of rotatable bonds is 3. The summed E-state index contributed by atoms with van der Waals surface area (Å²) in [6.45, 7) is 9.97. The first-order valence-corrected chi connectivity index (χ1v) is 7.38. The van der Waals surface area contributed by atoms with E-state index in [1.165, 1.54) is 0 Å². The Balaban J connectivity index is 2.33. The van der Waals surface area contributed by atoms with Crippen molar-refractivity contribution in [2.75, 3.05) is 6.61 Å². The molecule has 0 saturated carbocycles. The third-order valence-corrected chi connectivity index (χ3v) is 4.36. The monoisotopic (exact) mass is 310 g/mol. The number of halogens is 1. The minimum atomic E-state index is -0.600. The van der Waals surface area contributed by atoms with Crippen molar-refractivity contribution in [1.29, 1.82) is 0 Å². The quantitative estimate of drug-likeness (QED) is 0.636. The second kappa shape index (κ2) is 5.63. The summed E-state index contributed by atoms with van der Waals surface area (Å²) in [5, 5.41) is 0.501. The number of hydrogen-bond acceptors (Lipinski definition) is 4. The van der Waals surface area contributed by atoms with Crippen LogP contribution in [0.4, 0.5) is 0 Å². The van der Waals surface area contributed by atoms with Gasteiger partial charge in [-0.25, -0.2) is 4.79 Å². The average molecular weight is 311 g/mol. The van der Waals surface area contributed by atoms with E-state index in [1.807, 2.05) is 27.7 Å². The maximum Gasteiger partial charge on any atom is 0.496 e. The maximum absolute atomic E-state index is 11.8. The molecule has 0 aliphatic carbocycles. The fourth-order valence-electron chi connectivity index (χ4n) is 2.04. The number of benzene rings is 1. The van der Waals surface area contributed by atoms with Gasteiger partial charge in [0.1, 0.15) is 0 Å². The van der Waals surface area contributed by atoms with Crippen molar-refractivity contribution in [1.82, 2.24) is 0 Å². The van der Waals surface area contributed by atoms with Gasteiger partial charge in [0.15, 0.2) is 0 Å². The molecular weight excluding hydrogens is 290 g/mol. The van der Waals surface area contributed by atoms with Crippen LogP contribution in [-0.2, 0) is 14.0 Å². The van der Waals surface area contributed by atoms with Crippen LogP contribution in [-0.4, -0.2) is 30.9 Å². The van der Waals surface area contributed by atoms with Gasteiger partial charge in [-0.15, -0.1) is 0 Å². The zero-order valence-corrected chi connectivity index (χ0v) is 13.8. The second-order valence-corrected chi connectivity index (χ2v) is 6.45. The Kier molecular flexibility index (Phi) is 4.38. The van der Waals surface area contributed by atoms with E-state index < -0.39 is 18.3 Å². The Morgan fingerprint density at radius 3 is 2.33 bits per heavy atom. The van der Waals surface area contributed by atoms with Crippen LogP contribution in [0.3, 0.4) is 0 Å². The van der Waals surface area contributed by atoms with Crippen molar-refractivity contribution in [3.8, 4) is 0 Å². The van der Waals surface area contributed by atoms with Crippen LogP contribution in [0.25, 0.3) is 0 Å². The van der Waals surface area contributed by atoms with Gasteiger partial charge in [0.25, 0.3) is 0 Å². The van der Waals surface area contributed by atoms with Crippen molar-refractivity contribution in [3.63, 3.8) is 0 Å². The van der Waals surface area contributed by atoms with Gasteiger partial charge in [0, 0.05) is 10.5 Å². The molecule has 0 amide bonds. The lowest BCUT2D eigenvalue weighted by Gasteiger charge is -2.32. The van der Waals surface area contributed by atoms with Crippen LogP contribution in [0, 0.1) is 0 Å². The zero-order chi connectivity index (χ0) is 15.8. The first-order valence-electron chi connectivity index (χ1n) is 7.00. The predicted molar refractivity (Wildman–Crippen MR) is 83.1 cm³/mol. The molecule has 0 bridgehead atoms. The first kappa shape index (κ1) is 16.3. The van der Waals surface area contributed by atoms with Gasteiger partial charge in [0.2, 0.25) is 0 Å². The zero-order valence-electron chi connectivity index (χ0n) is 13.0. The van der Waals surface area contributed by atoms with E-state index in [4.69, 9.17) is 25.6 Å². The van der Waals surface area contributed by atoms with Gasteiger partial charge < -0.3 is 14.0 Å². The molecule has 1 fully saturated rings. The molecule has 0 radical (unpaired) electrons. The highest BCUT2D eigenvalue weighted by atomic mass is 35.5. The molecule has 1 saturated heterocycles. The Hall–Kier alpha value is -1.04. The van der Waals surface area contributed by atoms with Crippen LogP contribution < -0.4 is 5.46 Å². The number of carbonyl (C=O) groups is 1. The van der Waals surface area contributed by atoms with E-state index in [2.05, 4.69) is 0 Å². The normalized spacial score (nSPS) is 19.6. The van der Waals surface area contributed by atoms with Crippen molar-refractivity contribution in [3.05, 3.63) is 28.8 Å². The van der Waals surface area contributed by atoms with Gasteiger partial charge in [-0.05, 0) is 52.8 Å². The van der Waals surface area contributed by atoms with Crippen LogP contribution in [0.2, 0.25) is 5.02 Å². The molecule has 114 valence electrons. The molecule has 1 heterocycles. The third-order valence-electron chi connectivity index (χ3n) is 4.01. The molecule has 4 nitrogen and oxygen atoms in total. The number of esters is 1. The summed E-state index contributed by atoms with van der Waals surface area (Å²) in [6, 6.07) is 4.96. The first-order chi connectivity index (χ1) is 9.68. The maximum atomic E-state index is 11.8. The largest absolute Gasteiger partial charge is 0.496 e. The van der Waals surface area contributed by atoms with E-state index in [0.29, 0.717) is 22.7 Å². The Morgan fingerprint density at radius 1 is 1.24 bits per heavy atom. The standard InChI is InChI=1S/C15H20BClO4/c1-6-19-13(18)10-7-8-12(17)11(9-10)16-20-14(2,3)15(4,5)21-16/h7-9H,6H2,1-5H3. The Bertz CT molecular complexity index is 541. The summed E-state index contributed by atoms with van der Waals surface area (Å²) in [6.07, 6.45) is 0. The molecule has 0 atom stereocenters. The molecule has 0 aromatic heterocycles. The average Bonchev–Trinajstić information content (AvgIpc) is 2.59. The van der Waals surface area contributed by atoms with Gasteiger partial charge in [-0.2, -0.15) is 0 Å². The Labute approximate surface area is 130 Å². The smallest absolute Gasteiger partial charge is 0.462 e. The van der Waals surface area contributed by atoms with Crippen molar-refractivity contribution in [2.24, 2.45) is 0 Å². The molecule has 0 N–H and O–H groups in total. The number of ether oxygens (including phenoxy) is 1. The van der Waals surface area contributed by atoms with E-state index in [0.717, 1.165) is 0 Å². The Morgan fingerprint density at radius 2 is 1.81 bits per heavy atom. The lowest BCUT2D eigenvalue weighted by Crippen LogP contribution is -2.41. The molecule has 21 heavy (non-hydrogen) atoms. The minimum absolute atomic E-state index is 0.327. The molecule has 0 spiro atoms. The molecule has 2 rings (SSSR count). The highest BCUT2D eigenvalue weighted by molar-refractivity contribution is 6.65. The summed E-state index contributed by atoms with van der Waals surface area (Å²) < 4.78 is 16.9. The van der Waals surface area contributed by atoms with Crippen molar-refractivity contribution >= 4 is 30.2 Å². The van der Waals surface area contributed by atoms with Crippen LogP contribution in [0.15, 0.2) is 18.2 Å². The highest BCUT2D eigenvalue weighted by Crippen LogP contribution is 2.37. The lowest BCUT2D eigenvalue weighted by atomic mass is 9.78. The second-order valence-electron chi connectivity index (χ2n) is 6.05. The van der Waals surface area contributed by atoms with Crippen LogP contribution in [0.1, 0.15) is 45.0 Å². The van der Waals surface area contributed by atoms with Crippen LogP contribution in [0.5, 0.6) is 0 Å². The molecule has 1 aromatic rings. The summed E-state index contributed by atoms with van der Waals surface area (Å²) in [5.74, 6) is -0.382. The fourth-order valence-corrected chi connectivity index (χ4v) is 2.24. The van der Waals surface area contributed by atoms with Crippen molar-refractivity contribution < 1.29 is 18.8 Å². The summed E-state index contributed by atoms with van der Waals surface area (Å²) in [5.41, 5.74) is 0.161. The fraction of sp³-hybridized carbons (Fsp3) is 0.533. The van der Waals surface area contributed by atoms with E-state index in [9.17, 15) is 4.79 Å². The molecule has 1 aliphatic heterocycles. The topological polar surface area (TPSA) is 44.8 Å². The van der Waals surface area contributed by atoms with Crippen molar-refractivity contribution in [2.45, 2.75) is 45.8 Å². The molecule has 1 aliphatic rings.